The molecule has 106 valence electrons. The van der Waals surface area contributed by atoms with Gasteiger partial charge in [0.2, 0.25) is 0 Å². The standard InChI is InChI=1S/C13H22N4O2/c1-3-10(2)17-12(6-7-14-17)15-13(19)16-8-4-5-11(18)9-16/h6-7,10-11,18H,3-5,8-9H2,1-2H3,(H,15,19). The van der Waals surface area contributed by atoms with E-state index in [1.807, 2.05) is 4.68 Å². The third kappa shape index (κ3) is 3.26. The molecular weight excluding hydrogens is 244 g/mol. The molecule has 6 heteroatoms. The molecule has 2 unspecified atom stereocenters. The molecule has 1 aromatic heterocycles. The van der Waals surface area contributed by atoms with Gasteiger partial charge >= 0.3 is 6.03 Å². The number of carbonyl (C=O) groups excluding carboxylic acids is 1. The maximum absolute atomic E-state index is 12.1. The predicted molar refractivity (Wildman–Crippen MR) is 73.1 cm³/mol. The Bertz CT molecular complexity index is 432. The molecule has 1 fully saturated rings. The van der Waals surface area contributed by atoms with Gasteiger partial charge in [-0.2, -0.15) is 5.10 Å². The smallest absolute Gasteiger partial charge is 0.323 e. The second kappa shape index (κ2) is 6.06. The number of carbonyl (C=O) groups is 1. The fourth-order valence-corrected chi connectivity index (χ4v) is 2.27. The number of anilines is 1. The van der Waals surface area contributed by atoms with Crippen molar-refractivity contribution in [1.82, 2.24) is 14.7 Å². The molecule has 0 aromatic carbocycles. The summed E-state index contributed by atoms with van der Waals surface area (Å²) in [5, 5.41) is 16.7. The number of urea groups is 1. The Morgan fingerprint density at radius 2 is 2.47 bits per heavy atom. The lowest BCUT2D eigenvalue weighted by molar-refractivity contribution is 0.0883. The van der Waals surface area contributed by atoms with Gasteiger partial charge in [-0.15, -0.1) is 0 Å². The number of piperidine rings is 1. The Morgan fingerprint density at radius 1 is 1.68 bits per heavy atom. The molecule has 19 heavy (non-hydrogen) atoms. The summed E-state index contributed by atoms with van der Waals surface area (Å²) in [5.41, 5.74) is 0. The Balaban J connectivity index is 2.00. The van der Waals surface area contributed by atoms with Crippen molar-refractivity contribution in [2.75, 3.05) is 18.4 Å². The van der Waals surface area contributed by atoms with Crippen LogP contribution in [0.1, 0.15) is 39.2 Å². The number of aromatic nitrogens is 2. The van der Waals surface area contributed by atoms with Gasteiger partial charge < -0.3 is 10.0 Å². The summed E-state index contributed by atoms with van der Waals surface area (Å²) >= 11 is 0. The minimum absolute atomic E-state index is 0.163. The lowest BCUT2D eigenvalue weighted by Crippen LogP contribution is -2.44. The molecule has 2 heterocycles. The first-order chi connectivity index (χ1) is 9.11. The first kappa shape index (κ1) is 13.9. The molecule has 1 aliphatic heterocycles. The molecule has 6 nitrogen and oxygen atoms in total. The molecule has 2 atom stereocenters. The van der Waals surface area contributed by atoms with E-state index in [4.69, 9.17) is 0 Å². The van der Waals surface area contributed by atoms with Gasteiger partial charge in [0, 0.05) is 19.2 Å². The van der Waals surface area contributed by atoms with Crippen molar-refractivity contribution in [1.29, 1.82) is 0 Å². The van der Waals surface area contributed by atoms with Crippen molar-refractivity contribution < 1.29 is 9.90 Å². The molecule has 0 spiro atoms. The van der Waals surface area contributed by atoms with Crippen molar-refractivity contribution in [3.8, 4) is 0 Å². The van der Waals surface area contributed by atoms with E-state index in [0.29, 0.717) is 18.9 Å². The highest BCUT2D eigenvalue weighted by atomic mass is 16.3. The number of hydrogen-bond acceptors (Lipinski definition) is 3. The SMILES string of the molecule is CCC(C)n1nccc1NC(=O)N1CCCC(O)C1. The number of nitrogens with zero attached hydrogens (tertiary/aromatic N) is 3. The molecule has 0 saturated carbocycles. The molecule has 0 aliphatic carbocycles. The molecule has 1 aromatic rings. The monoisotopic (exact) mass is 266 g/mol. The van der Waals surface area contributed by atoms with Crippen LogP contribution in [0.25, 0.3) is 0 Å². The summed E-state index contributed by atoms with van der Waals surface area (Å²) in [5.74, 6) is 0.708. The average Bonchev–Trinajstić information content (AvgIpc) is 2.86. The lowest BCUT2D eigenvalue weighted by atomic mass is 10.1. The zero-order chi connectivity index (χ0) is 13.8. The van der Waals surface area contributed by atoms with E-state index in [-0.39, 0.29) is 12.1 Å². The van der Waals surface area contributed by atoms with Crippen LogP contribution in [-0.4, -0.2) is 45.0 Å². The van der Waals surface area contributed by atoms with Crippen LogP contribution < -0.4 is 5.32 Å². The van der Waals surface area contributed by atoms with Crippen LogP contribution in [0, 0.1) is 0 Å². The minimum Gasteiger partial charge on any atom is -0.391 e. The fourth-order valence-electron chi connectivity index (χ4n) is 2.27. The summed E-state index contributed by atoms with van der Waals surface area (Å²) in [7, 11) is 0. The highest BCUT2D eigenvalue weighted by Crippen LogP contribution is 2.18. The highest BCUT2D eigenvalue weighted by molar-refractivity contribution is 5.88. The Hall–Kier alpha value is -1.56. The van der Waals surface area contributed by atoms with E-state index in [2.05, 4.69) is 24.3 Å². The third-order valence-corrected chi connectivity index (χ3v) is 3.60. The number of nitrogens with one attached hydrogen (secondary N) is 1. The predicted octanol–water partition coefficient (Wildman–Crippen LogP) is 1.84. The van der Waals surface area contributed by atoms with Crippen molar-refractivity contribution in [3.05, 3.63) is 12.3 Å². The third-order valence-electron chi connectivity index (χ3n) is 3.60. The van der Waals surface area contributed by atoms with Crippen molar-refractivity contribution in [2.45, 2.75) is 45.3 Å². The van der Waals surface area contributed by atoms with Gasteiger partial charge in [0.15, 0.2) is 0 Å². The summed E-state index contributed by atoms with van der Waals surface area (Å²) in [6.45, 7) is 5.25. The normalized spacial score (nSPS) is 21.2. The van der Waals surface area contributed by atoms with Crippen LogP contribution in [0.5, 0.6) is 0 Å². The van der Waals surface area contributed by atoms with Crippen molar-refractivity contribution in [3.63, 3.8) is 0 Å². The molecular formula is C13H22N4O2. The maximum atomic E-state index is 12.1. The lowest BCUT2D eigenvalue weighted by Gasteiger charge is -2.30. The summed E-state index contributed by atoms with van der Waals surface area (Å²) in [6, 6.07) is 1.88. The van der Waals surface area contributed by atoms with Crippen molar-refractivity contribution in [2.24, 2.45) is 0 Å². The maximum Gasteiger partial charge on any atom is 0.323 e. The average molecular weight is 266 g/mol. The topological polar surface area (TPSA) is 70.4 Å². The minimum atomic E-state index is -0.404. The van der Waals surface area contributed by atoms with Gasteiger partial charge in [0.05, 0.1) is 18.3 Å². The summed E-state index contributed by atoms with van der Waals surface area (Å²) < 4.78 is 1.82. The van der Waals surface area contributed by atoms with Crippen LogP contribution in [0.2, 0.25) is 0 Å². The number of aliphatic hydroxyl groups excluding tert-OH is 1. The van der Waals surface area contributed by atoms with E-state index in [9.17, 15) is 9.90 Å². The van der Waals surface area contributed by atoms with E-state index >= 15 is 0 Å². The second-order valence-electron chi connectivity index (χ2n) is 5.09. The summed E-state index contributed by atoms with van der Waals surface area (Å²) in [4.78, 5) is 13.8. The Morgan fingerprint density at radius 3 is 3.16 bits per heavy atom. The Kier molecular flexibility index (Phi) is 4.42. The number of hydrogen-bond donors (Lipinski definition) is 2. The quantitative estimate of drug-likeness (QED) is 0.877. The molecule has 2 amide bonds. The number of likely N-dealkylation sites (tertiary alicyclic amines) is 1. The first-order valence-corrected chi connectivity index (χ1v) is 6.89. The van der Waals surface area contributed by atoms with Crippen LogP contribution >= 0.6 is 0 Å². The van der Waals surface area contributed by atoms with E-state index in [1.165, 1.54) is 0 Å². The Labute approximate surface area is 113 Å². The zero-order valence-electron chi connectivity index (χ0n) is 11.5. The van der Waals surface area contributed by atoms with E-state index in [1.54, 1.807) is 17.2 Å². The van der Waals surface area contributed by atoms with Gasteiger partial charge in [-0.25, -0.2) is 9.48 Å². The molecule has 0 radical (unpaired) electrons. The van der Waals surface area contributed by atoms with Gasteiger partial charge in [-0.1, -0.05) is 6.92 Å². The number of β-amino-alcohol motifs (C(OH)–C–C–N with tert-alkyl or cyclic N) is 1. The van der Waals surface area contributed by atoms with Gasteiger partial charge in [-0.05, 0) is 26.2 Å². The van der Waals surface area contributed by atoms with Crippen molar-refractivity contribution >= 4 is 11.8 Å². The van der Waals surface area contributed by atoms with Gasteiger partial charge in [0.25, 0.3) is 0 Å². The van der Waals surface area contributed by atoms with Crippen LogP contribution in [0.4, 0.5) is 10.6 Å². The summed E-state index contributed by atoms with van der Waals surface area (Å²) in [6.07, 6.45) is 3.85. The van der Waals surface area contributed by atoms with Crippen LogP contribution in [0.15, 0.2) is 12.3 Å². The number of amides is 2. The highest BCUT2D eigenvalue weighted by Gasteiger charge is 2.23. The fraction of sp³-hybridized carbons (Fsp3) is 0.692. The van der Waals surface area contributed by atoms with E-state index < -0.39 is 6.10 Å². The molecule has 1 saturated heterocycles. The number of aliphatic hydroxyl groups is 1. The molecule has 1 aliphatic rings. The second-order valence-corrected chi connectivity index (χ2v) is 5.09. The van der Waals surface area contributed by atoms with Crippen LogP contribution in [0.3, 0.4) is 0 Å². The molecule has 2 N–H and O–H groups in total. The molecule has 2 rings (SSSR count). The van der Waals surface area contributed by atoms with Crippen LogP contribution in [-0.2, 0) is 0 Å². The van der Waals surface area contributed by atoms with Gasteiger partial charge in [-0.3, -0.25) is 5.32 Å². The first-order valence-electron chi connectivity index (χ1n) is 6.89. The van der Waals surface area contributed by atoms with E-state index in [0.717, 1.165) is 19.3 Å². The van der Waals surface area contributed by atoms with Gasteiger partial charge in [0.1, 0.15) is 5.82 Å². The number of rotatable bonds is 3. The zero-order valence-corrected chi connectivity index (χ0v) is 11.5. The largest absolute Gasteiger partial charge is 0.391 e. The molecule has 0 bridgehead atoms.